The summed E-state index contributed by atoms with van der Waals surface area (Å²) in [6, 6.07) is 0. The average molecular weight is 1240 g/mol. The quantitative estimate of drug-likeness (QED) is 0.0725. The molecule has 1 fully saturated rings. The summed E-state index contributed by atoms with van der Waals surface area (Å²) in [6.45, 7) is -8.09. The molecule has 38 nitrogen and oxygen atoms in total. The van der Waals surface area contributed by atoms with E-state index in [2.05, 4.69) is 0 Å². The standard InChI is InChI=1S/C46H78O38/c47-8-1-16-24(55)32(63)41(71)77-19(4-11-50)27(58)35(66)45(75)81-22(7-14-53)30(61)40(70)84-38-23(15-54)83-46(37(68)31(38)62)82-20(5-12-51)28(59)36(67)43(73)79-17(2-9-48)25(56)33(64)42(72)78-18(3-10-49)26(57)34(65)44(74)80-21(6-13-52)29(60)39(69)76-16/h16-23,26,31,34,37-38,41-75H,1-15H2/b32-24+,33-25-,35-27-,36-28+,39-29-,40-30?. The number of rotatable bonds is 15. The van der Waals surface area contributed by atoms with Crippen LogP contribution in [0.3, 0.4) is 0 Å². The van der Waals surface area contributed by atoms with Gasteiger partial charge in [0.25, 0.3) is 0 Å². The molecule has 29 N–H and O–H groups in total. The van der Waals surface area contributed by atoms with Crippen LogP contribution in [0.15, 0.2) is 69.5 Å². The lowest BCUT2D eigenvalue weighted by Gasteiger charge is -2.42. The molecule has 3 heterocycles. The maximum atomic E-state index is 11.1. The minimum atomic E-state index is -2.88. The third kappa shape index (κ3) is 20.7. The van der Waals surface area contributed by atoms with Gasteiger partial charge in [-0.2, -0.15) is 0 Å². The summed E-state index contributed by atoms with van der Waals surface area (Å²) in [6.07, 6.45) is -51.7. The molecule has 0 aromatic heterocycles. The van der Waals surface area contributed by atoms with E-state index in [0.717, 1.165) is 0 Å². The predicted octanol–water partition coefficient (Wildman–Crippen LogP) is -6.61. The molecule has 0 amide bonds. The second-order valence-electron chi connectivity index (χ2n) is 18.0. The Morgan fingerprint density at radius 3 is 0.964 bits per heavy atom. The minimum Gasteiger partial charge on any atom is -0.506 e. The van der Waals surface area contributed by atoms with Gasteiger partial charge in [0.05, 0.1) is 12.7 Å². The highest BCUT2D eigenvalue weighted by Crippen LogP contribution is 2.32. The van der Waals surface area contributed by atoms with Crippen LogP contribution in [0.4, 0.5) is 0 Å². The van der Waals surface area contributed by atoms with Crippen LogP contribution in [-0.4, -0.2) is 318 Å². The minimum absolute atomic E-state index is 0.780. The number of fused-ring (bicyclic) bond motifs is 29. The molecule has 0 aromatic rings. The highest BCUT2D eigenvalue weighted by Gasteiger charge is 2.49. The van der Waals surface area contributed by atoms with E-state index in [0.29, 0.717) is 0 Å². The first kappa shape index (κ1) is 74.8. The zero-order valence-corrected chi connectivity index (χ0v) is 44.2. The second kappa shape index (κ2) is 36.6. The van der Waals surface area contributed by atoms with Crippen LogP contribution in [0.5, 0.6) is 0 Å². The Balaban J connectivity index is 2.87. The van der Waals surface area contributed by atoms with Gasteiger partial charge in [-0.1, -0.05) is 0 Å². The Kier molecular flexibility index (Phi) is 32.6. The van der Waals surface area contributed by atoms with Crippen molar-refractivity contribution < 1.29 is 191 Å². The first-order chi connectivity index (χ1) is 39.6. The number of hydrogen-bond acceptors (Lipinski definition) is 38. The van der Waals surface area contributed by atoms with Crippen molar-refractivity contribution >= 4 is 0 Å². The molecular formula is C46H78O38. The Morgan fingerprint density at radius 1 is 0.262 bits per heavy atom. The van der Waals surface area contributed by atoms with E-state index in [4.69, 9.17) is 42.6 Å². The summed E-state index contributed by atoms with van der Waals surface area (Å²) in [5.41, 5.74) is 0. The van der Waals surface area contributed by atoms with Gasteiger partial charge in [0.15, 0.2) is 70.9 Å². The largest absolute Gasteiger partial charge is 0.506 e. The average Bonchev–Trinajstić information content (AvgIpc) is 3.66. The lowest BCUT2D eigenvalue weighted by Crippen LogP contribution is -2.60. The number of ether oxygens (including phenoxy) is 9. The van der Waals surface area contributed by atoms with Crippen LogP contribution < -0.4 is 0 Å². The molecule has 3 aliphatic heterocycles. The van der Waals surface area contributed by atoms with E-state index in [1.165, 1.54) is 0 Å². The number of aliphatic hydroxyl groups excluding tert-OH is 29. The maximum absolute atomic E-state index is 11.1. The fourth-order valence-electron chi connectivity index (χ4n) is 7.57. The van der Waals surface area contributed by atoms with Crippen LogP contribution in [0.25, 0.3) is 0 Å². The third-order valence-electron chi connectivity index (χ3n) is 12.1. The summed E-state index contributed by atoms with van der Waals surface area (Å²) in [7, 11) is 0. The molecule has 0 spiro atoms. The predicted molar refractivity (Wildman–Crippen MR) is 264 cm³/mol. The first-order valence-electron chi connectivity index (χ1n) is 25.2. The number of aliphatic hydroxyl groups is 29. The van der Waals surface area contributed by atoms with Crippen LogP contribution in [-0.2, 0) is 42.6 Å². The van der Waals surface area contributed by atoms with Gasteiger partial charge in [-0.25, -0.2) is 0 Å². The summed E-state index contributed by atoms with van der Waals surface area (Å²) >= 11 is 0. The molecule has 1 saturated heterocycles. The van der Waals surface area contributed by atoms with E-state index in [1.54, 1.807) is 0 Å². The molecule has 0 radical (unpaired) electrons. The lowest BCUT2D eigenvalue weighted by molar-refractivity contribution is -0.316. The van der Waals surface area contributed by atoms with Gasteiger partial charge in [0.1, 0.15) is 61.0 Å². The van der Waals surface area contributed by atoms with Gasteiger partial charge < -0.3 is 191 Å². The molecule has 2 bridgehead atoms. The number of hydrogen-bond donors (Lipinski definition) is 29. The van der Waals surface area contributed by atoms with Crippen molar-refractivity contribution in [2.75, 3.05) is 52.9 Å². The summed E-state index contributed by atoms with van der Waals surface area (Å²) in [5, 5.41) is 306. The van der Waals surface area contributed by atoms with Crippen molar-refractivity contribution in [1.82, 2.24) is 0 Å². The summed E-state index contributed by atoms with van der Waals surface area (Å²) < 4.78 is 46.4. The molecule has 38 heteroatoms. The van der Waals surface area contributed by atoms with Gasteiger partial charge >= 0.3 is 11.9 Å². The molecule has 490 valence electrons. The van der Waals surface area contributed by atoms with Crippen molar-refractivity contribution in [3.8, 4) is 0 Å². The van der Waals surface area contributed by atoms with Gasteiger partial charge in [0.2, 0.25) is 36.7 Å². The van der Waals surface area contributed by atoms with Gasteiger partial charge in [-0.05, 0) is 6.42 Å². The Hall–Kier alpha value is -5.32. The normalized spacial score (nSPS) is 39.3. The molecule has 19 atom stereocenters. The highest BCUT2D eigenvalue weighted by atomic mass is 16.7. The van der Waals surface area contributed by atoms with Crippen LogP contribution in [0.1, 0.15) is 44.9 Å². The SMILES string of the molecule is OCCC1OC(O)/C(O)=C(/O)C(CCO)OC(O)/C(O)=C(\O)C(CCO)O/C(O)=C(\O)C(CCO)OC(O)C(O)C(O)C(CCO)OC(O)/C(O)=C(/O)C(CCO)OC(O)/C(O)=C(\O)C(CCO)OC2OC(CO)C(OC(O)=C1O)C(O)C2O. The molecule has 84 heavy (non-hydrogen) atoms. The van der Waals surface area contributed by atoms with E-state index in [1.807, 2.05) is 0 Å². The molecule has 0 aliphatic carbocycles. The van der Waals surface area contributed by atoms with Crippen molar-refractivity contribution in [2.24, 2.45) is 0 Å². The Labute approximate surface area is 474 Å². The molecule has 3 rings (SSSR count). The zero-order valence-electron chi connectivity index (χ0n) is 44.2. The second-order valence-corrected chi connectivity index (χ2v) is 18.0. The van der Waals surface area contributed by atoms with Crippen molar-refractivity contribution in [1.29, 1.82) is 0 Å². The smallest absolute Gasteiger partial charge is 0.319 e. The summed E-state index contributed by atoms with van der Waals surface area (Å²) in [4.78, 5) is 0. The van der Waals surface area contributed by atoms with Crippen molar-refractivity contribution in [2.45, 2.75) is 162 Å². The molecule has 19 unspecified atom stereocenters. The Morgan fingerprint density at radius 2 is 0.583 bits per heavy atom. The monoisotopic (exact) mass is 1240 g/mol. The van der Waals surface area contributed by atoms with Gasteiger partial charge in [-0.15, -0.1) is 0 Å². The van der Waals surface area contributed by atoms with Crippen LogP contribution in [0.2, 0.25) is 0 Å². The van der Waals surface area contributed by atoms with Crippen molar-refractivity contribution in [3.63, 3.8) is 0 Å². The molecule has 3 aliphatic rings. The summed E-state index contributed by atoms with van der Waals surface area (Å²) in [5.74, 6) is -19.2. The van der Waals surface area contributed by atoms with E-state index in [9.17, 15) is 148 Å². The fraction of sp³-hybridized carbons (Fsp3) is 0.739. The van der Waals surface area contributed by atoms with Gasteiger partial charge in [-0.3, -0.25) is 0 Å². The fourth-order valence-corrected chi connectivity index (χ4v) is 7.57. The zero-order chi connectivity index (χ0) is 63.9. The lowest BCUT2D eigenvalue weighted by atomic mass is 9.98. The maximum Gasteiger partial charge on any atom is 0.319 e. The van der Waals surface area contributed by atoms with E-state index in [-0.39, 0.29) is 0 Å². The van der Waals surface area contributed by atoms with E-state index >= 15 is 0 Å². The van der Waals surface area contributed by atoms with E-state index < -0.39 is 284 Å². The molecule has 0 saturated carbocycles. The molecular weight excluding hydrogens is 1160 g/mol. The first-order valence-corrected chi connectivity index (χ1v) is 25.2. The third-order valence-corrected chi connectivity index (χ3v) is 12.1. The highest BCUT2D eigenvalue weighted by molar-refractivity contribution is 5.14. The Bertz CT molecular complexity index is 2150. The van der Waals surface area contributed by atoms with Gasteiger partial charge in [0, 0.05) is 84.8 Å². The topological polar surface area (TPSA) is 670 Å². The van der Waals surface area contributed by atoms with Crippen LogP contribution in [0, 0.1) is 0 Å². The molecule has 0 aromatic carbocycles. The van der Waals surface area contributed by atoms with Crippen molar-refractivity contribution in [3.05, 3.63) is 69.5 Å². The van der Waals surface area contributed by atoms with Crippen LogP contribution >= 0.6 is 0 Å².